The van der Waals surface area contributed by atoms with E-state index in [2.05, 4.69) is 10.1 Å². The van der Waals surface area contributed by atoms with E-state index < -0.39 is 42.3 Å². The number of nitrogens with one attached hydrogen (secondary N) is 2. The fourth-order valence-electron chi connectivity index (χ4n) is 1.13. The molecule has 0 aromatic rings. The number of carbonyl (C=O) groups is 5. The predicted octanol–water partition coefficient (Wildman–Crippen LogP) is -0.964. The van der Waals surface area contributed by atoms with Crippen LogP contribution in [0.2, 0.25) is 0 Å². The molecule has 22 heavy (non-hydrogen) atoms. The summed E-state index contributed by atoms with van der Waals surface area (Å²) in [4.78, 5) is 54.6. The Morgan fingerprint density at radius 3 is 2.23 bits per heavy atom. The van der Waals surface area contributed by atoms with Gasteiger partial charge in [-0.3, -0.25) is 19.7 Å². The van der Waals surface area contributed by atoms with Gasteiger partial charge in [-0.15, -0.1) is 11.8 Å². The average Bonchev–Trinajstić information content (AvgIpc) is 2.43. The van der Waals surface area contributed by atoms with Gasteiger partial charge in [0.15, 0.2) is 0 Å². The molecule has 3 amide bonds. The van der Waals surface area contributed by atoms with Crippen LogP contribution in [0.1, 0.15) is 12.8 Å². The molecule has 124 valence electrons. The first-order valence-corrected chi connectivity index (χ1v) is 7.11. The molecule has 0 fully saturated rings. The van der Waals surface area contributed by atoms with Crippen LogP contribution in [0, 0.1) is 0 Å². The van der Waals surface area contributed by atoms with Crippen molar-refractivity contribution in [1.29, 1.82) is 0 Å². The number of carboxylic acids is 2. The maximum Gasteiger partial charge on any atom is 0.413 e. The monoisotopic (exact) mass is 336 g/mol. The molecule has 0 aromatic carbocycles. The van der Waals surface area contributed by atoms with E-state index in [-0.39, 0.29) is 17.9 Å². The first kappa shape index (κ1) is 19.7. The van der Waals surface area contributed by atoms with Gasteiger partial charge in [0.1, 0.15) is 6.04 Å². The van der Waals surface area contributed by atoms with Crippen molar-refractivity contribution in [3.8, 4) is 0 Å². The lowest BCUT2D eigenvalue weighted by atomic mass is 10.2. The molecule has 0 bridgehead atoms. The zero-order valence-corrected chi connectivity index (χ0v) is 12.5. The summed E-state index contributed by atoms with van der Waals surface area (Å²) in [6.07, 6.45) is -1.68. The number of carboxylic acid groups (broad SMARTS) is 2. The summed E-state index contributed by atoms with van der Waals surface area (Å²) in [5, 5.41) is 21.4. The molecule has 0 aliphatic rings. The molecule has 4 N–H and O–H groups in total. The summed E-state index contributed by atoms with van der Waals surface area (Å²) in [7, 11) is 1.09. The fraction of sp³-hybridized carbons (Fsp3) is 0.545. The lowest BCUT2D eigenvalue weighted by molar-refractivity contribution is -0.141. The average molecular weight is 336 g/mol. The lowest BCUT2D eigenvalue weighted by Gasteiger charge is -2.13. The SMILES string of the molecule is COC(=O)NC(=O)CSCC(NC(=O)CCC(=O)O)C(=O)O. The summed E-state index contributed by atoms with van der Waals surface area (Å²) in [5.74, 6) is -4.19. The summed E-state index contributed by atoms with van der Waals surface area (Å²) in [5.41, 5.74) is 0. The van der Waals surface area contributed by atoms with E-state index in [1.165, 1.54) is 0 Å². The maximum absolute atomic E-state index is 11.4. The van der Waals surface area contributed by atoms with Crippen LogP contribution in [0.4, 0.5) is 4.79 Å². The number of hydrogen-bond acceptors (Lipinski definition) is 7. The van der Waals surface area contributed by atoms with Gasteiger partial charge in [0.25, 0.3) is 0 Å². The second-order valence-electron chi connectivity index (χ2n) is 3.91. The Balaban J connectivity index is 4.17. The quantitative estimate of drug-likeness (QED) is 0.415. The highest BCUT2D eigenvalue weighted by Gasteiger charge is 2.21. The Labute approximate surface area is 129 Å². The van der Waals surface area contributed by atoms with E-state index in [9.17, 15) is 24.0 Å². The fourth-order valence-corrected chi connectivity index (χ4v) is 1.97. The Morgan fingerprint density at radius 2 is 1.73 bits per heavy atom. The summed E-state index contributed by atoms with van der Waals surface area (Å²) >= 11 is 0.885. The Bertz CT molecular complexity index is 453. The standard InChI is InChI=1S/C11H16N2O8S/c1-21-11(20)13-8(15)5-22-4-6(10(18)19)12-7(14)2-3-9(16)17/h6H,2-5H2,1H3,(H,12,14)(H,16,17)(H,18,19)(H,13,15,20). The highest BCUT2D eigenvalue weighted by Crippen LogP contribution is 2.04. The second kappa shape index (κ2) is 10.4. The third kappa shape index (κ3) is 9.58. The highest BCUT2D eigenvalue weighted by molar-refractivity contribution is 8.00. The number of rotatable bonds is 9. The molecule has 10 nitrogen and oxygen atoms in total. The number of methoxy groups -OCH3 is 1. The molecule has 0 aliphatic carbocycles. The van der Waals surface area contributed by atoms with Crippen LogP contribution in [-0.4, -0.2) is 64.7 Å². The van der Waals surface area contributed by atoms with Crippen LogP contribution >= 0.6 is 11.8 Å². The Hall–Kier alpha value is -2.30. The molecule has 0 aliphatic heterocycles. The van der Waals surface area contributed by atoms with Gasteiger partial charge in [-0.05, 0) is 0 Å². The van der Waals surface area contributed by atoms with Crippen molar-refractivity contribution >= 4 is 41.6 Å². The number of thioether (sulfide) groups is 1. The van der Waals surface area contributed by atoms with Gasteiger partial charge < -0.3 is 20.3 Å². The molecule has 0 rings (SSSR count). The summed E-state index contributed by atoms with van der Waals surface area (Å²) < 4.78 is 4.21. The Morgan fingerprint density at radius 1 is 1.09 bits per heavy atom. The number of carbonyl (C=O) groups excluding carboxylic acids is 3. The van der Waals surface area contributed by atoms with Crippen LogP contribution in [-0.2, 0) is 23.9 Å². The summed E-state index contributed by atoms with van der Waals surface area (Å²) in [6.45, 7) is 0. The van der Waals surface area contributed by atoms with E-state index in [4.69, 9.17) is 10.2 Å². The zero-order valence-electron chi connectivity index (χ0n) is 11.7. The van der Waals surface area contributed by atoms with E-state index in [1.807, 2.05) is 5.32 Å². The second-order valence-corrected chi connectivity index (χ2v) is 4.94. The first-order chi connectivity index (χ1) is 10.3. The number of imide groups is 1. The van der Waals surface area contributed by atoms with Gasteiger partial charge in [-0.25, -0.2) is 9.59 Å². The van der Waals surface area contributed by atoms with Gasteiger partial charge >= 0.3 is 18.0 Å². The van der Waals surface area contributed by atoms with Gasteiger partial charge in [0.2, 0.25) is 11.8 Å². The molecule has 0 heterocycles. The molecule has 1 unspecified atom stereocenters. The van der Waals surface area contributed by atoms with Crippen LogP contribution in [0.3, 0.4) is 0 Å². The van der Waals surface area contributed by atoms with Crippen molar-refractivity contribution in [1.82, 2.24) is 10.6 Å². The number of amides is 3. The van der Waals surface area contributed by atoms with Crippen LogP contribution in [0.15, 0.2) is 0 Å². The third-order valence-corrected chi connectivity index (χ3v) is 3.18. The third-order valence-electron chi connectivity index (χ3n) is 2.14. The number of alkyl carbamates (subject to hydrolysis) is 1. The molecule has 0 saturated carbocycles. The molecular weight excluding hydrogens is 320 g/mol. The van der Waals surface area contributed by atoms with Crippen molar-refractivity contribution in [2.24, 2.45) is 0 Å². The molecule has 0 radical (unpaired) electrons. The number of ether oxygens (including phenoxy) is 1. The minimum atomic E-state index is -1.32. The predicted molar refractivity (Wildman–Crippen MR) is 74.3 cm³/mol. The van der Waals surface area contributed by atoms with E-state index in [0.29, 0.717) is 0 Å². The minimum absolute atomic E-state index is 0.122. The zero-order chi connectivity index (χ0) is 17.1. The molecule has 0 saturated heterocycles. The highest BCUT2D eigenvalue weighted by atomic mass is 32.2. The van der Waals surface area contributed by atoms with E-state index >= 15 is 0 Å². The van der Waals surface area contributed by atoms with Crippen molar-refractivity contribution in [2.45, 2.75) is 18.9 Å². The van der Waals surface area contributed by atoms with E-state index in [1.54, 1.807) is 0 Å². The van der Waals surface area contributed by atoms with Crippen LogP contribution < -0.4 is 10.6 Å². The molecule has 0 aromatic heterocycles. The maximum atomic E-state index is 11.4. The van der Waals surface area contributed by atoms with Crippen LogP contribution in [0.25, 0.3) is 0 Å². The minimum Gasteiger partial charge on any atom is -0.481 e. The Kier molecular flexibility index (Phi) is 9.34. The van der Waals surface area contributed by atoms with Gasteiger partial charge in [0, 0.05) is 12.2 Å². The molecule has 0 spiro atoms. The van der Waals surface area contributed by atoms with Gasteiger partial charge in [-0.1, -0.05) is 0 Å². The van der Waals surface area contributed by atoms with Crippen molar-refractivity contribution < 1.29 is 38.9 Å². The van der Waals surface area contributed by atoms with E-state index in [0.717, 1.165) is 18.9 Å². The first-order valence-electron chi connectivity index (χ1n) is 5.95. The van der Waals surface area contributed by atoms with Gasteiger partial charge in [0.05, 0.1) is 19.3 Å². The topological polar surface area (TPSA) is 159 Å². The molecule has 1 atom stereocenters. The largest absolute Gasteiger partial charge is 0.481 e. The van der Waals surface area contributed by atoms with Crippen molar-refractivity contribution in [3.05, 3.63) is 0 Å². The van der Waals surface area contributed by atoms with Gasteiger partial charge in [-0.2, -0.15) is 0 Å². The number of hydrogen-bond donors (Lipinski definition) is 4. The molecular formula is C11H16N2O8S. The normalized spacial score (nSPS) is 11.1. The van der Waals surface area contributed by atoms with Crippen molar-refractivity contribution in [3.63, 3.8) is 0 Å². The molecule has 11 heteroatoms. The number of aliphatic carboxylic acids is 2. The smallest absolute Gasteiger partial charge is 0.413 e. The van der Waals surface area contributed by atoms with Crippen molar-refractivity contribution in [2.75, 3.05) is 18.6 Å². The van der Waals surface area contributed by atoms with Crippen LogP contribution in [0.5, 0.6) is 0 Å². The lowest BCUT2D eigenvalue weighted by Crippen LogP contribution is -2.43. The summed E-state index contributed by atoms with van der Waals surface area (Å²) in [6, 6.07) is -1.27.